The zero-order chi connectivity index (χ0) is 17.4. The number of nitrogens with two attached hydrogens (primary N) is 1. The molecule has 1 aromatic rings. The van der Waals surface area contributed by atoms with E-state index >= 15 is 0 Å². The third-order valence-electron chi connectivity index (χ3n) is 6.33. The number of carbonyl (C=O) groups is 1. The van der Waals surface area contributed by atoms with Gasteiger partial charge in [-0.1, -0.05) is 6.42 Å². The molecule has 2 unspecified atom stereocenters. The van der Waals surface area contributed by atoms with Crippen LogP contribution in [0, 0.1) is 23.6 Å². The molecule has 3 aliphatic rings. The highest BCUT2D eigenvalue weighted by Crippen LogP contribution is 2.42. The molecular weight excluding hydrogens is 355 g/mol. The van der Waals surface area contributed by atoms with Gasteiger partial charge in [0.25, 0.3) is 0 Å². The van der Waals surface area contributed by atoms with Crippen molar-refractivity contribution in [2.24, 2.45) is 23.5 Å². The van der Waals surface area contributed by atoms with Gasteiger partial charge in [-0.3, -0.25) is 4.79 Å². The SMILES string of the molecule is Cl.NC1C2CCCC1CC(C(=O)Nc1ccc(OC3CCC3)c(F)c1)C2. The van der Waals surface area contributed by atoms with E-state index in [0.717, 1.165) is 44.9 Å². The van der Waals surface area contributed by atoms with E-state index in [4.69, 9.17) is 10.5 Å². The van der Waals surface area contributed by atoms with E-state index in [9.17, 15) is 9.18 Å². The summed E-state index contributed by atoms with van der Waals surface area (Å²) in [5, 5.41) is 2.89. The van der Waals surface area contributed by atoms with Gasteiger partial charge in [-0.2, -0.15) is 0 Å². The van der Waals surface area contributed by atoms with Crippen LogP contribution in [0.3, 0.4) is 0 Å². The number of nitrogens with one attached hydrogen (secondary N) is 1. The highest BCUT2D eigenvalue weighted by molar-refractivity contribution is 5.92. The van der Waals surface area contributed by atoms with Gasteiger partial charge in [-0.25, -0.2) is 4.39 Å². The lowest BCUT2D eigenvalue weighted by Crippen LogP contribution is -2.48. The maximum Gasteiger partial charge on any atom is 0.227 e. The predicted octanol–water partition coefficient (Wildman–Crippen LogP) is 4.27. The monoisotopic (exact) mass is 382 g/mol. The van der Waals surface area contributed by atoms with Crippen molar-refractivity contribution >= 4 is 24.0 Å². The summed E-state index contributed by atoms with van der Waals surface area (Å²) in [5.41, 5.74) is 6.80. The standard InChI is InChI=1S/C20H27FN2O2.ClH/c21-17-11-15(7-8-18(17)25-16-5-2-6-16)23-20(24)14-9-12-3-1-4-13(10-14)19(12)22;/h7-8,11-14,16,19H,1-6,9-10,22H2,(H,23,24);1H. The molecule has 2 bridgehead atoms. The minimum Gasteiger partial charge on any atom is -0.487 e. The largest absolute Gasteiger partial charge is 0.487 e. The summed E-state index contributed by atoms with van der Waals surface area (Å²) in [6.07, 6.45) is 8.46. The predicted molar refractivity (Wildman–Crippen MR) is 102 cm³/mol. The van der Waals surface area contributed by atoms with Crippen LogP contribution in [0.2, 0.25) is 0 Å². The van der Waals surface area contributed by atoms with Crippen LogP contribution >= 0.6 is 12.4 Å². The van der Waals surface area contributed by atoms with Crippen LogP contribution in [0.15, 0.2) is 18.2 Å². The summed E-state index contributed by atoms with van der Waals surface area (Å²) < 4.78 is 19.8. The Morgan fingerprint density at radius 2 is 1.77 bits per heavy atom. The van der Waals surface area contributed by atoms with Crippen LogP contribution in [-0.4, -0.2) is 18.1 Å². The Hall–Kier alpha value is -1.33. The molecule has 1 aromatic carbocycles. The van der Waals surface area contributed by atoms with Gasteiger partial charge < -0.3 is 15.8 Å². The minimum absolute atomic E-state index is 0. The van der Waals surface area contributed by atoms with Gasteiger partial charge in [0.05, 0.1) is 6.10 Å². The van der Waals surface area contributed by atoms with Crippen molar-refractivity contribution in [3.8, 4) is 5.75 Å². The Morgan fingerprint density at radius 3 is 2.35 bits per heavy atom. The van der Waals surface area contributed by atoms with E-state index in [-0.39, 0.29) is 42.1 Å². The molecule has 26 heavy (non-hydrogen) atoms. The summed E-state index contributed by atoms with van der Waals surface area (Å²) in [6.45, 7) is 0. The van der Waals surface area contributed by atoms with Gasteiger partial charge in [0.1, 0.15) is 0 Å². The molecule has 0 aliphatic heterocycles. The van der Waals surface area contributed by atoms with Crippen molar-refractivity contribution in [3.63, 3.8) is 0 Å². The van der Waals surface area contributed by atoms with Gasteiger partial charge in [-0.15, -0.1) is 12.4 Å². The number of fused-ring (bicyclic) bond motifs is 2. The number of hydrogen-bond donors (Lipinski definition) is 2. The summed E-state index contributed by atoms with van der Waals surface area (Å²) in [6, 6.07) is 4.96. The van der Waals surface area contributed by atoms with Crippen molar-refractivity contribution in [1.82, 2.24) is 0 Å². The highest BCUT2D eigenvalue weighted by atomic mass is 35.5. The molecular formula is C20H28ClFN2O2. The number of amides is 1. The van der Waals surface area contributed by atoms with E-state index in [1.807, 2.05) is 0 Å². The lowest BCUT2D eigenvalue weighted by atomic mass is 9.65. The second-order valence-corrected chi connectivity index (χ2v) is 8.00. The molecule has 144 valence electrons. The maximum absolute atomic E-state index is 14.2. The first kappa shape index (κ1) is 19.4. The number of rotatable bonds is 4. The average Bonchev–Trinajstić information content (AvgIpc) is 2.52. The molecule has 6 heteroatoms. The number of anilines is 1. The third kappa shape index (κ3) is 3.99. The molecule has 4 nitrogen and oxygen atoms in total. The molecule has 2 atom stereocenters. The van der Waals surface area contributed by atoms with Crippen LogP contribution in [0.25, 0.3) is 0 Å². The molecule has 0 aromatic heterocycles. The Bertz CT molecular complexity index is 639. The van der Waals surface area contributed by atoms with Gasteiger partial charge >= 0.3 is 0 Å². The molecule has 3 aliphatic carbocycles. The molecule has 3 fully saturated rings. The second-order valence-electron chi connectivity index (χ2n) is 8.00. The van der Waals surface area contributed by atoms with Crippen LogP contribution in [0.1, 0.15) is 51.4 Å². The van der Waals surface area contributed by atoms with Crippen LogP contribution < -0.4 is 15.8 Å². The minimum atomic E-state index is -0.410. The number of hydrogen-bond acceptors (Lipinski definition) is 3. The highest BCUT2D eigenvalue weighted by Gasteiger charge is 2.40. The Morgan fingerprint density at radius 1 is 1.12 bits per heavy atom. The normalized spacial score (nSPS) is 30.7. The van der Waals surface area contributed by atoms with E-state index < -0.39 is 5.82 Å². The molecule has 0 radical (unpaired) electrons. The first-order valence-electron chi connectivity index (χ1n) is 9.63. The van der Waals surface area contributed by atoms with E-state index in [2.05, 4.69) is 5.32 Å². The van der Waals surface area contributed by atoms with Crippen LogP contribution in [0.4, 0.5) is 10.1 Å². The molecule has 4 rings (SSSR count). The lowest BCUT2D eigenvalue weighted by molar-refractivity contribution is -0.122. The maximum atomic E-state index is 14.2. The summed E-state index contributed by atoms with van der Waals surface area (Å²) in [7, 11) is 0. The van der Waals surface area contributed by atoms with Gasteiger partial charge in [0.2, 0.25) is 5.91 Å². The molecule has 0 spiro atoms. The zero-order valence-electron chi connectivity index (χ0n) is 15.0. The zero-order valence-corrected chi connectivity index (χ0v) is 15.8. The smallest absolute Gasteiger partial charge is 0.227 e. The third-order valence-corrected chi connectivity index (χ3v) is 6.33. The first-order valence-corrected chi connectivity index (χ1v) is 9.63. The van der Waals surface area contributed by atoms with Crippen molar-refractivity contribution < 1.29 is 13.9 Å². The second kappa shape index (κ2) is 8.13. The molecule has 0 heterocycles. The average molecular weight is 383 g/mol. The number of ether oxygens (including phenoxy) is 1. The molecule has 0 saturated heterocycles. The Balaban J connectivity index is 0.00000196. The summed E-state index contributed by atoms with van der Waals surface area (Å²) in [4.78, 5) is 12.6. The van der Waals surface area contributed by atoms with Crippen molar-refractivity contribution in [2.45, 2.75) is 63.5 Å². The topological polar surface area (TPSA) is 64.4 Å². The summed E-state index contributed by atoms with van der Waals surface area (Å²) >= 11 is 0. The first-order chi connectivity index (χ1) is 12.1. The van der Waals surface area contributed by atoms with Crippen molar-refractivity contribution in [2.75, 3.05) is 5.32 Å². The van der Waals surface area contributed by atoms with Gasteiger partial charge in [-0.05, 0) is 68.9 Å². The van der Waals surface area contributed by atoms with Gasteiger partial charge in [0.15, 0.2) is 11.6 Å². The number of carbonyl (C=O) groups excluding carboxylic acids is 1. The van der Waals surface area contributed by atoms with Crippen LogP contribution in [-0.2, 0) is 4.79 Å². The lowest BCUT2D eigenvalue weighted by Gasteiger charge is -2.43. The van der Waals surface area contributed by atoms with Crippen molar-refractivity contribution in [3.05, 3.63) is 24.0 Å². The van der Waals surface area contributed by atoms with Crippen LogP contribution in [0.5, 0.6) is 5.75 Å². The Labute approximate surface area is 160 Å². The summed E-state index contributed by atoms with van der Waals surface area (Å²) in [5.74, 6) is 0.768. The Kier molecular flexibility index (Phi) is 6.08. The quantitative estimate of drug-likeness (QED) is 0.817. The molecule has 3 N–H and O–H groups in total. The number of halogens is 2. The molecule has 1 amide bonds. The number of benzene rings is 1. The van der Waals surface area contributed by atoms with Crippen molar-refractivity contribution in [1.29, 1.82) is 0 Å². The van der Waals surface area contributed by atoms with E-state index in [1.54, 1.807) is 12.1 Å². The van der Waals surface area contributed by atoms with E-state index in [0.29, 0.717) is 17.5 Å². The van der Waals surface area contributed by atoms with E-state index in [1.165, 1.54) is 12.5 Å². The fraction of sp³-hybridized carbons (Fsp3) is 0.650. The van der Waals surface area contributed by atoms with Gasteiger partial charge in [0, 0.05) is 23.7 Å². The fourth-order valence-corrected chi connectivity index (χ4v) is 4.59. The fourth-order valence-electron chi connectivity index (χ4n) is 4.59. The molecule has 3 saturated carbocycles.